The van der Waals surface area contributed by atoms with Crippen molar-refractivity contribution in [2.45, 2.75) is 19.6 Å². The summed E-state index contributed by atoms with van der Waals surface area (Å²) >= 11 is 0. The highest BCUT2D eigenvalue weighted by Gasteiger charge is 2.06. The van der Waals surface area contributed by atoms with Crippen molar-refractivity contribution in [2.24, 2.45) is 0 Å². The van der Waals surface area contributed by atoms with Gasteiger partial charge in [-0.15, -0.1) is 0 Å². The summed E-state index contributed by atoms with van der Waals surface area (Å²) in [4.78, 5) is 20.3. The number of carbonyl (C=O) groups excluding carboxylic acids is 1. The molecule has 6 heteroatoms. The molecule has 0 spiro atoms. The molecule has 0 bridgehead atoms. The van der Waals surface area contributed by atoms with Gasteiger partial charge in [-0.05, 0) is 18.1 Å². The molecular weight excluding hydrogens is 316 g/mol. The van der Waals surface area contributed by atoms with Crippen LogP contribution in [0.5, 0.6) is 5.88 Å². The van der Waals surface area contributed by atoms with E-state index in [2.05, 4.69) is 15.3 Å². The van der Waals surface area contributed by atoms with Gasteiger partial charge >= 0.3 is 0 Å². The topological polar surface area (TPSA) is 69.0 Å². The molecule has 0 aliphatic heterocycles. The van der Waals surface area contributed by atoms with E-state index in [1.807, 2.05) is 41.1 Å². The van der Waals surface area contributed by atoms with Crippen molar-refractivity contribution < 1.29 is 9.53 Å². The molecule has 0 saturated heterocycles. The van der Waals surface area contributed by atoms with E-state index in [4.69, 9.17) is 4.74 Å². The molecule has 2 heterocycles. The first-order chi connectivity index (χ1) is 12.3. The second-order valence-corrected chi connectivity index (χ2v) is 5.57. The van der Waals surface area contributed by atoms with Crippen LogP contribution >= 0.6 is 0 Å². The lowest BCUT2D eigenvalue weighted by Crippen LogP contribution is -2.25. The van der Waals surface area contributed by atoms with Gasteiger partial charge in [-0.3, -0.25) is 4.79 Å². The zero-order valence-corrected chi connectivity index (χ0v) is 13.8. The predicted octanol–water partition coefficient (Wildman–Crippen LogP) is 2.68. The quantitative estimate of drug-likeness (QED) is 0.642. The minimum Gasteiger partial charge on any atom is -0.473 e. The summed E-state index contributed by atoms with van der Waals surface area (Å²) in [6.07, 6.45) is 7.78. The molecule has 1 amide bonds. The largest absolute Gasteiger partial charge is 0.473 e. The Morgan fingerprint density at radius 3 is 2.76 bits per heavy atom. The molecule has 1 N–H and O–H groups in total. The van der Waals surface area contributed by atoms with Crippen molar-refractivity contribution in [3.8, 4) is 5.88 Å². The van der Waals surface area contributed by atoms with Crippen molar-refractivity contribution in [3.63, 3.8) is 0 Å². The fraction of sp³-hybridized carbons (Fsp3) is 0.211. The van der Waals surface area contributed by atoms with Crippen LogP contribution in [0.15, 0.2) is 67.4 Å². The number of nitrogens with one attached hydrogen (secondary N) is 1. The van der Waals surface area contributed by atoms with Crippen LogP contribution in [0.4, 0.5) is 0 Å². The second-order valence-electron chi connectivity index (χ2n) is 5.57. The lowest BCUT2D eigenvalue weighted by Gasteiger charge is -2.07. The Bertz CT molecular complexity index is 771. The molecule has 0 atom stereocenters. The van der Waals surface area contributed by atoms with E-state index in [1.54, 1.807) is 24.7 Å². The molecule has 0 radical (unpaired) electrons. The van der Waals surface area contributed by atoms with Crippen molar-refractivity contribution in [1.82, 2.24) is 19.9 Å². The van der Waals surface area contributed by atoms with Crippen molar-refractivity contribution >= 4 is 5.91 Å². The maximum Gasteiger partial charge on any atom is 0.252 e. The van der Waals surface area contributed by atoms with Crippen LogP contribution in [-0.4, -0.2) is 27.0 Å². The zero-order chi connectivity index (χ0) is 17.3. The Kier molecular flexibility index (Phi) is 5.77. The molecule has 3 aromatic rings. The molecule has 0 fully saturated rings. The fourth-order valence-corrected chi connectivity index (χ4v) is 2.32. The van der Waals surface area contributed by atoms with Gasteiger partial charge in [0.05, 0.1) is 11.9 Å². The summed E-state index contributed by atoms with van der Waals surface area (Å²) in [6, 6.07) is 13.3. The average Bonchev–Trinajstić information content (AvgIpc) is 3.18. The SMILES string of the molecule is O=C(NCCCn1ccnc1)c1ccc(OCc2ccccc2)nc1. The number of aromatic nitrogens is 3. The van der Waals surface area contributed by atoms with Crippen LogP contribution in [-0.2, 0) is 13.2 Å². The smallest absolute Gasteiger partial charge is 0.252 e. The molecule has 1 aromatic carbocycles. The molecule has 0 aliphatic rings. The highest BCUT2D eigenvalue weighted by molar-refractivity contribution is 5.93. The van der Waals surface area contributed by atoms with Crippen LogP contribution in [0.1, 0.15) is 22.3 Å². The highest BCUT2D eigenvalue weighted by Crippen LogP contribution is 2.10. The van der Waals surface area contributed by atoms with Gasteiger partial charge in [-0.2, -0.15) is 0 Å². The third-order valence-corrected chi connectivity index (χ3v) is 3.67. The monoisotopic (exact) mass is 336 g/mol. The number of rotatable bonds is 8. The number of amides is 1. The molecule has 0 saturated carbocycles. The average molecular weight is 336 g/mol. The van der Waals surface area contributed by atoms with Crippen molar-refractivity contribution in [1.29, 1.82) is 0 Å². The number of aryl methyl sites for hydroxylation is 1. The number of pyridine rings is 1. The van der Waals surface area contributed by atoms with E-state index < -0.39 is 0 Å². The van der Waals surface area contributed by atoms with Gasteiger partial charge < -0.3 is 14.6 Å². The number of imidazole rings is 1. The van der Waals surface area contributed by atoms with E-state index in [1.165, 1.54) is 6.20 Å². The normalized spacial score (nSPS) is 10.4. The minimum atomic E-state index is -0.132. The molecule has 2 aromatic heterocycles. The first kappa shape index (κ1) is 16.7. The van der Waals surface area contributed by atoms with Crippen LogP contribution < -0.4 is 10.1 Å². The number of ether oxygens (including phenoxy) is 1. The van der Waals surface area contributed by atoms with E-state index in [-0.39, 0.29) is 5.91 Å². The lowest BCUT2D eigenvalue weighted by atomic mass is 10.2. The summed E-state index contributed by atoms with van der Waals surface area (Å²) in [6.45, 7) is 1.88. The zero-order valence-electron chi connectivity index (χ0n) is 13.8. The van der Waals surface area contributed by atoms with E-state index in [9.17, 15) is 4.79 Å². The van der Waals surface area contributed by atoms with E-state index in [0.29, 0.717) is 24.6 Å². The molecule has 6 nitrogen and oxygen atoms in total. The van der Waals surface area contributed by atoms with Crippen LogP contribution in [0.25, 0.3) is 0 Å². The Balaban J connectivity index is 1.42. The Hall–Kier alpha value is -3.15. The number of benzene rings is 1. The van der Waals surface area contributed by atoms with Gasteiger partial charge in [-0.1, -0.05) is 30.3 Å². The Morgan fingerprint density at radius 1 is 1.16 bits per heavy atom. The summed E-state index contributed by atoms with van der Waals surface area (Å²) in [5.74, 6) is 0.369. The third kappa shape index (κ3) is 5.17. The highest BCUT2D eigenvalue weighted by atomic mass is 16.5. The number of hydrogen-bond acceptors (Lipinski definition) is 4. The van der Waals surface area contributed by atoms with Gasteiger partial charge in [-0.25, -0.2) is 9.97 Å². The van der Waals surface area contributed by atoms with Crippen LogP contribution in [0, 0.1) is 0 Å². The van der Waals surface area contributed by atoms with Gasteiger partial charge in [0.25, 0.3) is 5.91 Å². The van der Waals surface area contributed by atoms with Gasteiger partial charge in [0.2, 0.25) is 5.88 Å². The standard InChI is InChI=1S/C19H20N4O2/c24-19(21-9-4-11-23-12-10-20-15-23)17-7-8-18(22-13-17)25-14-16-5-2-1-3-6-16/h1-3,5-8,10,12-13,15H,4,9,11,14H2,(H,21,24). The van der Waals surface area contributed by atoms with Crippen LogP contribution in [0.3, 0.4) is 0 Å². The summed E-state index contributed by atoms with van der Waals surface area (Å²) < 4.78 is 7.59. The van der Waals surface area contributed by atoms with Crippen molar-refractivity contribution in [3.05, 3.63) is 78.5 Å². The van der Waals surface area contributed by atoms with Gasteiger partial charge in [0, 0.05) is 37.7 Å². The lowest BCUT2D eigenvalue weighted by molar-refractivity contribution is 0.0952. The summed E-state index contributed by atoms with van der Waals surface area (Å²) in [5, 5.41) is 2.89. The Labute approximate surface area is 146 Å². The van der Waals surface area contributed by atoms with Crippen molar-refractivity contribution in [2.75, 3.05) is 6.54 Å². The van der Waals surface area contributed by atoms with E-state index >= 15 is 0 Å². The third-order valence-electron chi connectivity index (χ3n) is 3.67. The number of nitrogens with zero attached hydrogens (tertiary/aromatic N) is 3. The summed E-state index contributed by atoms with van der Waals surface area (Å²) in [5.41, 5.74) is 1.60. The Morgan fingerprint density at radius 2 is 2.04 bits per heavy atom. The summed E-state index contributed by atoms with van der Waals surface area (Å²) in [7, 11) is 0. The molecule has 0 aliphatic carbocycles. The molecule has 3 rings (SSSR count). The predicted molar refractivity (Wildman–Crippen MR) is 94.2 cm³/mol. The number of carbonyl (C=O) groups is 1. The molecule has 25 heavy (non-hydrogen) atoms. The van der Waals surface area contributed by atoms with Gasteiger partial charge in [0.15, 0.2) is 0 Å². The molecular formula is C19H20N4O2. The molecule has 0 unspecified atom stereocenters. The first-order valence-electron chi connectivity index (χ1n) is 8.18. The second kappa shape index (κ2) is 8.63. The van der Waals surface area contributed by atoms with Gasteiger partial charge in [0.1, 0.15) is 6.61 Å². The molecule has 128 valence electrons. The van der Waals surface area contributed by atoms with E-state index in [0.717, 1.165) is 18.5 Å². The maximum atomic E-state index is 12.1. The fourth-order valence-electron chi connectivity index (χ4n) is 2.32. The first-order valence-corrected chi connectivity index (χ1v) is 8.18. The minimum absolute atomic E-state index is 0.132. The maximum absolute atomic E-state index is 12.1. The number of hydrogen-bond donors (Lipinski definition) is 1. The van der Waals surface area contributed by atoms with Crippen LogP contribution in [0.2, 0.25) is 0 Å².